The molecule has 0 N–H and O–H groups in total. The second kappa shape index (κ2) is 9.11. The van der Waals surface area contributed by atoms with Crippen molar-refractivity contribution in [3.8, 4) is 18.2 Å². The molecule has 0 radical (unpaired) electrons. The molecular weight excluding hydrogens is 334 g/mol. The molecule has 0 amide bonds. The van der Waals surface area contributed by atoms with E-state index in [-0.39, 0.29) is 23.2 Å². The predicted molar refractivity (Wildman–Crippen MR) is 96.8 cm³/mol. The van der Waals surface area contributed by atoms with Gasteiger partial charge in [0.2, 0.25) is 0 Å². The van der Waals surface area contributed by atoms with Crippen LogP contribution in [0.2, 0.25) is 0 Å². The van der Waals surface area contributed by atoms with Crippen LogP contribution in [0.5, 0.6) is 0 Å². The van der Waals surface area contributed by atoms with Gasteiger partial charge in [-0.15, -0.1) is 11.8 Å². The van der Waals surface area contributed by atoms with Gasteiger partial charge in [0, 0.05) is 11.3 Å². The third kappa shape index (κ3) is 5.52. The van der Waals surface area contributed by atoms with Crippen molar-refractivity contribution < 1.29 is 9.53 Å². The molecule has 0 unspecified atom stereocenters. The van der Waals surface area contributed by atoms with Crippen LogP contribution in [0.4, 0.5) is 0 Å². The number of nitrogens with zero attached hydrogens (tertiary/aromatic N) is 3. The second-order valence-corrected chi connectivity index (χ2v) is 7.36. The molecule has 25 heavy (non-hydrogen) atoms. The Labute approximate surface area is 153 Å². The molecule has 5 nitrogen and oxygen atoms in total. The highest BCUT2D eigenvalue weighted by molar-refractivity contribution is 8.02. The first-order valence-corrected chi connectivity index (χ1v) is 9.11. The van der Waals surface area contributed by atoms with Gasteiger partial charge in [-0.05, 0) is 37.0 Å². The number of carbonyl (C=O) groups excluding carboxylic acids is 1. The number of thioether (sulfide) groups is 1. The maximum absolute atomic E-state index is 12.0. The molecule has 0 aliphatic heterocycles. The minimum absolute atomic E-state index is 0.0185. The van der Waals surface area contributed by atoms with Crippen LogP contribution in [-0.4, -0.2) is 18.8 Å². The van der Waals surface area contributed by atoms with Gasteiger partial charge in [0.05, 0.1) is 6.61 Å². The summed E-state index contributed by atoms with van der Waals surface area (Å²) in [5, 5.41) is 27.6. The lowest BCUT2D eigenvalue weighted by molar-refractivity contribution is -0.138. The first kappa shape index (κ1) is 20.6. The fourth-order valence-corrected chi connectivity index (χ4v) is 3.54. The molecule has 0 heterocycles. The molecule has 0 atom stereocenters. The van der Waals surface area contributed by atoms with Crippen molar-refractivity contribution in [3.63, 3.8) is 0 Å². The number of nitriles is 3. The topological polar surface area (TPSA) is 97.7 Å². The zero-order chi connectivity index (χ0) is 19.0. The van der Waals surface area contributed by atoms with Gasteiger partial charge >= 0.3 is 5.97 Å². The highest BCUT2D eigenvalue weighted by atomic mass is 32.2. The van der Waals surface area contributed by atoms with E-state index in [2.05, 4.69) is 13.8 Å². The maximum atomic E-state index is 12.0. The molecule has 1 rings (SSSR count). The molecular formula is C19H21N3O2S. The van der Waals surface area contributed by atoms with Gasteiger partial charge in [0.15, 0.2) is 0 Å². The summed E-state index contributed by atoms with van der Waals surface area (Å²) in [6.45, 7) is 6.05. The molecule has 0 saturated heterocycles. The Morgan fingerprint density at radius 3 is 2.36 bits per heavy atom. The smallest absolute Gasteiger partial charge is 0.349 e. The summed E-state index contributed by atoms with van der Waals surface area (Å²) < 4.78 is 4.95. The van der Waals surface area contributed by atoms with Crippen molar-refractivity contribution in [2.45, 2.75) is 40.0 Å². The molecule has 1 aliphatic carbocycles. The standard InChI is InChI=1S/C19H21N3O2S/c1-5-24-18(23)16(12-22)17(25-4)7-13-6-14(15(10-20)11-21)9-19(2,3)8-13/h6H,5,7-9H2,1-4H3. The number of rotatable bonds is 5. The van der Waals surface area contributed by atoms with Gasteiger partial charge in [0.1, 0.15) is 29.4 Å². The Bertz CT molecular complexity index is 752. The summed E-state index contributed by atoms with van der Waals surface area (Å²) in [6.07, 6.45) is 5.52. The lowest BCUT2D eigenvalue weighted by Crippen LogP contribution is -2.18. The van der Waals surface area contributed by atoms with E-state index < -0.39 is 5.97 Å². The summed E-state index contributed by atoms with van der Waals surface area (Å²) in [7, 11) is 0. The summed E-state index contributed by atoms with van der Waals surface area (Å²) in [6, 6.07) is 5.84. The van der Waals surface area contributed by atoms with Crippen molar-refractivity contribution in [1.82, 2.24) is 0 Å². The molecule has 0 bridgehead atoms. The molecule has 0 aromatic carbocycles. The Kier molecular flexibility index (Phi) is 7.49. The number of hydrogen-bond acceptors (Lipinski definition) is 6. The van der Waals surface area contributed by atoms with Crippen LogP contribution in [-0.2, 0) is 9.53 Å². The van der Waals surface area contributed by atoms with Crippen molar-refractivity contribution in [1.29, 1.82) is 15.8 Å². The predicted octanol–water partition coefficient (Wildman–Crippen LogP) is 4.17. The summed E-state index contributed by atoms with van der Waals surface area (Å²) in [5.74, 6) is -0.615. The molecule has 0 aromatic rings. The minimum Gasteiger partial charge on any atom is -0.462 e. The van der Waals surface area contributed by atoms with Gasteiger partial charge < -0.3 is 4.74 Å². The highest BCUT2D eigenvalue weighted by Crippen LogP contribution is 2.42. The second-order valence-electron chi connectivity index (χ2n) is 6.46. The molecule has 6 heteroatoms. The Hall–Kier alpha value is -2.49. The van der Waals surface area contributed by atoms with E-state index in [1.54, 1.807) is 6.92 Å². The molecule has 0 fully saturated rings. The number of esters is 1. The third-order valence-corrected chi connectivity index (χ3v) is 4.64. The number of carbonyl (C=O) groups is 1. The highest BCUT2D eigenvalue weighted by Gasteiger charge is 2.28. The number of ether oxygens (including phenoxy) is 1. The normalized spacial score (nSPS) is 16.5. The molecule has 0 saturated carbocycles. The van der Waals surface area contributed by atoms with E-state index in [0.717, 1.165) is 12.0 Å². The van der Waals surface area contributed by atoms with Gasteiger partial charge in [-0.3, -0.25) is 0 Å². The van der Waals surface area contributed by atoms with Crippen molar-refractivity contribution in [3.05, 3.63) is 33.3 Å². The van der Waals surface area contributed by atoms with E-state index >= 15 is 0 Å². The first-order chi connectivity index (χ1) is 11.8. The van der Waals surface area contributed by atoms with Gasteiger partial charge in [-0.25, -0.2) is 4.79 Å². The fourth-order valence-electron chi connectivity index (χ4n) is 2.88. The zero-order valence-electron chi connectivity index (χ0n) is 15.0. The zero-order valence-corrected chi connectivity index (χ0v) is 15.8. The first-order valence-electron chi connectivity index (χ1n) is 7.89. The largest absolute Gasteiger partial charge is 0.462 e. The average Bonchev–Trinajstić information content (AvgIpc) is 2.54. The van der Waals surface area contributed by atoms with Crippen LogP contribution in [0.1, 0.15) is 40.0 Å². The van der Waals surface area contributed by atoms with Gasteiger partial charge in [-0.1, -0.05) is 25.5 Å². The van der Waals surface area contributed by atoms with Crippen LogP contribution in [0.25, 0.3) is 0 Å². The SMILES string of the molecule is CCOC(=O)C(C#N)=C(CC1=CC(=C(C#N)C#N)CC(C)(C)C1)SC. The van der Waals surface area contributed by atoms with E-state index in [1.807, 2.05) is 30.5 Å². The monoisotopic (exact) mass is 355 g/mol. The van der Waals surface area contributed by atoms with Crippen LogP contribution >= 0.6 is 11.8 Å². The molecule has 0 aromatic heterocycles. The summed E-state index contributed by atoms with van der Waals surface area (Å²) in [5.41, 5.74) is 1.75. The van der Waals surface area contributed by atoms with Crippen LogP contribution in [0, 0.1) is 39.4 Å². The number of allylic oxidation sites excluding steroid dienone is 5. The maximum Gasteiger partial charge on any atom is 0.349 e. The summed E-state index contributed by atoms with van der Waals surface area (Å²) in [4.78, 5) is 12.6. The lowest BCUT2D eigenvalue weighted by atomic mass is 9.73. The Balaban J connectivity index is 3.32. The quantitative estimate of drug-likeness (QED) is 0.417. The third-order valence-electron chi connectivity index (χ3n) is 3.80. The Morgan fingerprint density at radius 2 is 1.88 bits per heavy atom. The van der Waals surface area contributed by atoms with Crippen molar-refractivity contribution in [2.24, 2.45) is 5.41 Å². The number of hydrogen-bond donors (Lipinski definition) is 0. The van der Waals surface area contributed by atoms with Crippen LogP contribution < -0.4 is 0 Å². The van der Waals surface area contributed by atoms with Crippen molar-refractivity contribution >= 4 is 17.7 Å². The fraction of sp³-hybridized carbons (Fsp3) is 0.474. The van der Waals surface area contributed by atoms with Crippen LogP contribution in [0.15, 0.2) is 33.3 Å². The molecule has 0 spiro atoms. The van der Waals surface area contributed by atoms with E-state index in [4.69, 9.17) is 15.3 Å². The molecule has 130 valence electrons. The average molecular weight is 355 g/mol. The van der Waals surface area contributed by atoms with Crippen LogP contribution in [0.3, 0.4) is 0 Å². The van der Waals surface area contributed by atoms with E-state index in [0.29, 0.717) is 23.3 Å². The summed E-state index contributed by atoms with van der Waals surface area (Å²) >= 11 is 1.34. The van der Waals surface area contributed by atoms with E-state index in [1.165, 1.54) is 11.8 Å². The van der Waals surface area contributed by atoms with Crippen molar-refractivity contribution in [2.75, 3.05) is 12.9 Å². The van der Waals surface area contributed by atoms with Gasteiger partial charge in [-0.2, -0.15) is 15.8 Å². The lowest BCUT2D eigenvalue weighted by Gasteiger charge is -2.31. The molecule has 1 aliphatic rings. The minimum atomic E-state index is -0.615. The van der Waals surface area contributed by atoms with Gasteiger partial charge in [0.25, 0.3) is 0 Å². The Morgan fingerprint density at radius 1 is 1.24 bits per heavy atom. The van der Waals surface area contributed by atoms with E-state index in [9.17, 15) is 10.1 Å².